The molecule has 1 aliphatic rings. The third-order valence-corrected chi connectivity index (χ3v) is 4.12. The van der Waals surface area contributed by atoms with Gasteiger partial charge in [-0.1, -0.05) is 29.3 Å². The van der Waals surface area contributed by atoms with Crippen molar-refractivity contribution < 1.29 is 5.11 Å². The number of nitrogens with one attached hydrogen (secondary N) is 1. The highest BCUT2D eigenvalue weighted by atomic mass is 35.5. The molecule has 1 fully saturated rings. The number of halogens is 2. The van der Waals surface area contributed by atoms with Gasteiger partial charge in [-0.3, -0.25) is 0 Å². The summed E-state index contributed by atoms with van der Waals surface area (Å²) in [6, 6.07) is 5.48. The van der Waals surface area contributed by atoms with Crippen molar-refractivity contribution in [3.8, 4) is 0 Å². The van der Waals surface area contributed by atoms with E-state index in [1.807, 2.05) is 18.2 Å². The SMILES string of the molecule is OC(CNCc1c(Cl)cccc1Cl)CN1CCCC1. The van der Waals surface area contributed by atoms with Crippen LogP contribution < -0.4 is 5.32 Å². The van der Waals surface area contributed by atoms with Crippen molar-refractivity contribution in [2.45, 2.75) is 25.5 Å². The first-order valence-electron chi connectivity index (χ1n) is 6.71. The monoisotopic (exact) mass is 302 g/mol. The van der Waals surface area contributed by atoms with Crippen LogP contribution in [0.2, 0.25) is 10.0 Å². The Morgan fingerprint density at radius 2 is 1.84 bits per heavy atom. The average Bonchev–Trinajstić information content (AvgIpc) is 2.85. The van der Waals surface area contributed by atoms with Crippen LogP contribution in [0.15, 0.2) is 18.2 Å². The van der Waals surface area contributed by atoms with Gasteiger partial charge in [-0.2, -0.15) is 0 Å². The molecule has 1 saturated heterocycles. The maximum Gasteiger partial charge on any atom is 0.0791 e. The Bertz CT molecular complexity index is 388. The van der Waals surface area contributed by atoms with Crippen LogP contribution in [0.4, 0.5) is 0 Å². The number of benzene rings is 1. The number of likely N-dealkylation sites (tertiary alicyclic amines) is 1. The van der Waals surface area contributed by atoms with Gasteiger partial charge in [0.25, 0.3) is 0 Å². The van der Waals surface area contributed by atoms with Gasteiger partial charge in [-0.25, -0.2) is 0 Å². The molecule has 0 bridgehead atoms. The molecule has 106 valence electrons. The predicted octanol–water partition coefficient (Wildman–Crippen LogP) is 2.54. The molecule has 2 N–H and O–H groups in total. The Labute approximate surface area is 124 Å². The van der Waals surface area contributed by atoms with Crippen LogP contribution in [0.3, 0.4) is 0 Å². The molecular formula is C14H20Cl2N2O. The van der Waals surface area contributed by atoms with E-state index in [-0.39, 0.29) is 6.10 Å². The minimum atomic E-state index is -0.348. The van der Waals surface area contributed by atoms with E-state index in [9.17, 15) is 5.11 Å². The Balaban J connectivity index is 1.73. The zero-order valence-corrected chi connectivity index (χ0v) is 12.4. The number of aliphatic hydroxyl groups excluding tert-OH is 1. The topological polar surface area (TPSA) is 35.5 Å². The Hall–Kier alpha value is -0.320. The molecule has 5 heteroatoms. The van der Waals surface area contributed by atoms with Gasteiger partial charge in [0.1, 0.15) is 0 Å². The lowest BCUT2D eigenvalue weighted by atomic mass is 10.2. The summed E-state index contributed by atoms with van der Waals surface area (Å²) in [7, 11) is 0. The van der Waals surface area contributed by atoms with Crippen molar-refractivity contribution in [3.05, 3.63) is 33.8 Å². The van der Waals surface area contributed by atoms with Gasteiger partial charge in [-0.15, -0.1) is 0 Å². The summed E-state index contributed by atoms with van der Waals surface area (Å²) in [6.45, 7) is 4.08. The van der Waals surface area contributed by atoms with Crippen molar-refractivity contribution in [2.75, 3.05) is 26.2 Å². The first-order chi connectivity index (χ1) is 9.16. The standard InChI is InChI=1S/C14H20Cl2N2O/c15-13-4-3-5-14(16)12(13)9-17-8-11(19)10-18-6-1-2-7-18/h3-5,11,17,19H,1-2,6-10H2. The molecule has 1 heterocycles. The summed E-state index contributed by atoms with van der Waals surface area (Å²) >= 11 is 12.2. The van der Waals surface area contributed by atoms with E-state index in [1.54, 1.807) is 0 Å². The number of aliphatic hydroxyl groups is 1. The molecule has 0 aromatic heterocycles. The van der Waals surface area contributed by atoms with Gasteiger partial charge in [0, 0.05) is 35.2 Å². The van der Waals surface area contributed by atoms with Gasteiger partial charge in [0.15, 0.2) is 0 Å². The Morgan fingerprint density at radius 1 is 1.21 bits per heavy atom. The second-order valence-corrected chi connectivity index (χ2v) is 5.81. The highest BCUT2D eigenvalue weighted by Crippen LogP contribution is 2.23. The van der Waals surface area contributed by atoms with Crippen LogP contribution >= 0.6 is 23.2 Å². The third-order valence-electron chi connectivity index (χ3n) is 3.41. The number of rotatable bonds is 6. The van der Waals surface area contributed by atoms with Crippen LogP contribution in [-0.4, -0.2) is 42.3 Å². The zero-order valence-electron chi connectivity index (χ0n) is 10.9. The Morgan fingerprint density at radius 3 is 2.47 bits per heavy atom. The second kappa shape index (κ2) is 7.46. The summed E-state index contributed by atoms with van der Waals surface area (Å²) in [5, 5.41) is 14.5. The maximum absolute atomic E-state index is 9.96. The average molecular weight is 303 g/mol. The zero-order chi connectivity index (χ0) is 13.7. The summed E-state index contributed by atoms with van der Waals surface area (Å²) < 4.78 is 0. The fourth-order valence-electron chi connectivity index (χ4n) is 2.39. The molecule has 2 rings (SSSR count). The lowest BCUT2D eigenvalue weighted by Gasteiger charge is -2.19. The molecular weight excluding hydrogens is 283 g/mol. The fourth-order valence-corrected chi connectivity index (χ4v) is 2.92. The molecule has 0 spiro atoms. The molecule has 1 aliphatic heterocycles. The molecule has 1 aromatic rings. The van der Waals surface area contributed by atoms with Crippen molar-refractivity contribution in [1.29, 1.82) is 0 Å². The van der Waals surface area contributed by atoms with E-state index in [2.05, 4.69) is 10.2 Å². The summed E-state index contributed by atoms with van der Waals surface area (Å²) in [6.07, 6.45) is 2.14. The molecule has 0 amide bonds. The smallest absolute Gasteiger partial charge is 0.0791 e. The van der Waals surface area contributed by atoms with Gasteiger partial charge >= 0.3 is 0 Å². The Kier molecular flexibility index (Phi) is 5.92. The van der Waals surface area contributed by atoms with E-state index >= 15 is 0 Å². The van der Waals surface area contributed by atoms with Gasteiger partial charge in [0.2, 0.25) is 0 Å². The number of nitrogens with zero attached hydrogens (tertiary/aromatic N) is 1. The number of hydrogen-bond donors (Lipinski definition) is 2. The third kappa shape index (κ3) is 4.62. The summed E-state index contributed by atoms with van der Waals surface area (Å²) in [4.78, 5) is 2.30. The lowest BCUT2D eigenvalue weighted by molar-refractivity contribution is 0.123. The quantitative estimate of drug-likeness (QED) is 0.848. The first kappa shape index (κ1) is 15.1. The fraction of sp³-hybridized carbons (Fsp3) is 0.571. The largest absolute Gasteiger partial charge is 0.390 e. The molecule has 1 aromatic carbocycles. The maximum atomic E-state index is 9.96. The normalized spacial score (nSPS) is 17.8. The van der Waals surface area contributed by atoms with Crippen molar-refractivity contribution in [1.82, 2.24) is 10.2 Å². The van der Waals surface area contributed by atoms with Crippen molar-refractivity contribution in [3.63, 3.8) is 0 Å². The molecule has 19 heavy (non-hydrogen) atoms. The van der Waals surface area contributed by atoms with Crippen LogP contribution in [0.1, 0.15) is 18.4 Å². The van der Waals surface area contributed by atoms with Crippen LogP contribution in [0, 0.1) is 0 Å². The second-order valence-electron chi connectivity index (χ2n) is 4.99. The van der Waals surface area contributed by atoms with Gasteiger partial charge in [-0.05, 0) is 38.1 Å². The van der Waals surface area contributed by atoms with Gasteiger partial charge < -0.3 is 15.3 Å². The highest BCUT2D eigenvalue weighted by Gasteiger charge is 2.15. The van der Waals surface area contributed by atoms with Crippen LogP contribution in [0.5, 0.6) is 0 Å². The number of β-amino-alcohol motifs (C(OH)–C–C–N with tert-alkyl or cyclic N) is 1. The van der Waals surface area contributed by atoms with Crippen molar-refractivity contribution in [2.24, 2.45) is 0 Å². The van der Waals surface area contributed by atoms with E-state index in [4.69, 9.17) is 23.2 Å². The van der Waals surface area contributed by atoms with Gasteiger partial charge in [0.05, 0.1) is 6.10 Å². The summed E-state index contributed by atoms with van der Waals surface area (Å²) in [5.74, 6) is 0. The molecule has 0 aliphatic carbocycles. The van der Waals surface area contributed by atoms with E-state index in [0.29, 0.717) is 23.1 Å². The van der Waals surface area contributed by atoms with E-state index < -0.39 is 0 Å². The van der Waals surface area contributed by atoms with Crippen molar-refractivity contribution >= 4 is 23.2 Å². The molecule has 0 radical (unpaired) electrons. The van der Waals surface area contributed by atoms with Crippen LogP contribution in [-0.2, 0) is 6.54 Å². The minimum Gasteiger partial charge on any atom is -0.390 e. The lowest BCUT2D eigenvalue weighted by Crippen LogP contribution is -2.36. The highest BCUT2D eigenvalue weighted by molar-refractivity contribution is 6.35. The first-order valence-corrected chi connectivity index (χ1v) is 7.46. The molecule has 1 unspecified atom stereocenters. The number of hydrogen-bond acceptors (Lipinski definition) is 3. The minimum absolute atomic E-state index is 0.348. The molecule has 3 nitrogen and oxygen atoms in total. The molecule has 0 saturated carbocycles. The van der Waals surface area contributed by atoms with Crippen LogP contribution in [0.25, 0.3) is 0 Å². The predicted molar refractivity (Wildman–Crippen MR) is 79.8 cm³/mol. The van der Waals surface area contributed by atoms with E-state index in [1.165, 1.54) is 12.8 Å². The van der Waals surface area contributed by atoms with E-state index in [0.717, 1.165) is 25.2 Å². The summed E-state index contributed by atoms with van der Waals surface area (Å²) in [5.41, 5.74) is 0.888. The molecule has 1 atom stereocenters.